The number of carbonyl (C=O) groups is 2. The summed E-state index contributed by atoms with van der Waals surface area (Å²) in [5.74, 6) is 4.66. The van der Waals surface area contributed by atoms with Crippen LogP contribution in [0.3, 0.4) is 0 Å². The third-order valence-electron chi connectivity index (χ3n) is 9.83. The lowest BCUT2D eigenvalue weighted by Crippen LogP contribution is -2.39. The fourth-order valence-corrected chi connectivity index (χ4v) is 7.01. The van der Waals surface area contributed by atoms with Crippen LogP contribution < -0.4 is 5.32 Å². The van der Waals surface area contributed by atoms with E-state index in [-0.39, 0.29) is 17.9 Å². The van der Waals surface area contributed by atoms with E-state index in [0.717, 1.165) is 69.7 Å². The first-order chi connectivity index (χ1) is 20.0. The minimum atomic E-state index is -0.558. The maximum Gasteiger partial charge on any atom is 0.222 e. The van der Waals surface area contributed by atoms with Crippen molar-refractivity contribution in [2.75, 3.05) is 39.5 Å². The van der Waals surface area contributed by atoms with E-state index in [2.05, 4.69) is 46.9 Å². The van der Waals surface area contributed by atoms with Gasteiger partial charge in [-0.05, 0) is 74.0 Å². The predicted molar refractivity (Wildman–Crippen MR) is 166 cm³/mol. The summed E-state index contributed by atoms with van der Waals surface area (Å²) >= 11 is 0. The van der Waals surface area contributed by atoms with E-state index in [1.807, 2.05) is 0 Å². The molecule has 8 nitrogen and oxygen atoms in total. The second-order valence-corrected chi connectivity index (χ2v) is 14.4. The van der Waals surface area contributed by atoms with Crippen LogP contribution in [0.2, 0.25) is 0 Å². The van der Waals surface area contributed by atoms with Gasteiger partial charge in [-0.25, -0.2) is 0 Å². The molecule has 3 aliphatic heterocycles. The summed E-state index contributed by atoms with van der Waals surface area (Å²) < 4.78 is 17.3. The number of aliphatic hydroxyl groups is 1. The first-order valence-electron chi connectivity index (χ1n) is 17.1. The van der Waals surface area contributed by atoms with Crippen LogP contribution >= 0.6 is 0 Å². The summed E-state index contributed by atoms with van der Waals surface area (Å²) in [4.78, 5) is 23.5. The molecule has 3 heterocycles. The average molecular weight is 595 g/mol. The lowest BCUT2D eigenvalue weighted by molar-refractivity contribution is -0.130. The third kappa shape index (κ3) is 12.4. The third-order valence-corrected chi connectivity index (χ3v) is 9.83. The van der Waals surface area contributed by atoms with Crippen LogP contribution in [0.25, 0.3) is 0 Å². The summed E-state index contributed by atoms with van der Waals surface area (Å²) in [5, 5.41) is 12.8. The Kier molecular flexibility index (Phi) is 15.0. The molecule has 0 aromatic rings. The Hall–Kier alpha value is -1.22. The second kappa shape index (κ2) is 17.9. The summed E-state index contributed by atoms with van der Waals surface area (Å²) in [7, 11) is 0. The molecule has 8 atom stereocenters. The molecule has 0 radical (unpaired) electrons. The number of rotatable bonds is 10. The molecule has 8 unspecified atom stereocenters. The van der Waals surface area contributed by atoms with Gasteiger partial charge in [0.2, 0.25) is 11.8 Å². The smallest absolute Gasteiger partial charge is 0.222 e. The van der Waals surface area contributed by atoms with Gasteiger partial charge in [0, 0.05) is 32.5 Å². The predicted octanol–water partition coefficient (Wildman–Crippen LogP) is 5.21. The standard InChI is InChI=1S/C17H31NO3.C13H24O2.C4H7NO/c1-12(2)15-7-6-13(3)9-16(15)21-11-14(19)10-18-8-4-5-17(18)20;1-9(2)12-5-4-10(3)6-13(12)15-8-11-7-14-11;6-4-2-1-3-5-4/h12-16,19H,4-11H2,1-3H3;9-13H,4-8H2,1-3H3;1-3H2,(H,5,6). The maximum absolute atomic E-state index is 11.6. The Morgan fingerprint density at radius 3 is 1.93 bits per heavy atom. The van der Waals surface area contributed by atoms with Gasteiger partial charge in [0.1, 0.15) is 6.10 Å². The van der Waals surface area contributed by atoms with Crippen molar-refractivity contribution in [2.45, 2.75) is 130 Å². The zero-order valence-electron chi connectivity index (χ0n) is 27.5. The van der Waals surface area contributed by atoms with E-state index < -0.39 is 6.10 Å². The Morgan fingerprint density at radius 2 is 1.50 bits per heavy atom. The largest absolute Gasteiger partial charge is 0.389 e. The summed E-state index contributed by atoms with van der Waals surface area (Å²) in [6, 6.07) is 0. The zero-order valence-corrected chi connectivity index (χ0v) is 27.5. The number of aliphatic hydroxyl groups excluding tert-OH is 1. The lowest BCUT2D eigenvalue weighted by Gasteiger charge is -2.37. The monoisotopic (exact) mass is 594 g/mol. The van der Waals surface area contributed by atoms with Crippen LogP contribution in [-0.4, -0.2) is 85.7 Å². The number of amides is 2. The molecule has 0 aromatic heterocycles. The van der Waals surface area contributed by atoms with Crippen molar-refractivity contribution in [3.05, 3.63) is 0 Å². The van der Waals surface area contributed by atoms with Gasteiger partial charge in [0.05, 0.1) is 38.1 Å². The quantitative estimate of drug-likeness (QED) is 0.337. The average Bonchev–Trinajstić information content (AvgIpc) is 3.51. The highest BCUT2D eigenvalue weighted by Crippen LogP contribution is 2.36. The molecule has 2 aliphatic carbocycles. The highest BCUT2D eigenvalue weighted by molar-refractivity contribution is 5.78. The number of nitrogens with zero attached hydrogens (tertiary/aromatic N) is 1. The number of epoxide rings is 1. The molecule has 8 heteroatoms. The molecular weight excluding hydrogens is 532 g/mol. The van der Waals surface area contributed by atoms with Gasteiger partial charge in [-0.1, -0.05) is 54.4 Å². The van der Waals surface area contributed by atoms with Crippen molar-refractivity contribution < 1.29 is 28.9 Å². The molecule has 5 aliphatic rings. The van der Waals surface area contributed by atoms with Crippen LogP contribution in [0.1, 0.15) is 106 Å². The van der Waals surface area contributed by atoms with Crippen molar-refractivity contribution in [1.29, 1.82) is 0 Å². The van der Waals surface area contributed by atoms with Crippen molar-refractivity contribution in [3.8, 4) is 0 Å². The van der Waals surface area contributed by atoms with Gasteiger partial charge < -0.3 is 29.5 Å². The summed E-state index contributed by atoms with van der Waals surface area (Å²) in [6.07, 6.45) is 11.5. The fraction of sp³-hybridized carbons (Fsp3) is 0.941. The SMILES string of the molecule is CC1CCC(C(C)C)C(OCC(O)CN2CCCC2=O)C1.CC1CCC(C(C)C)C(OCC2CO2)C1.O=C1CCCN1. The minimum absolute atomic E-state index is 0.167. The van der Waals surface area contributed by atoms with Gasteiger partial charge >= 0.3 is 0 Å². The van der Waals surface area contributed by atoms with Gasteiger partial charge in [-0.15, -0.1) is 0 Å². The number of ether oxygens (including phenoxy) is 3. The molecule has 0 aromatic carbocycles. The van der Waals surface area contributed by atoms with Gasteiger partial charge in [-0.2, -0.15) is 0 Å². The molecule has 5 rings (SSSR count). The van der Waals surface area contributed by atoms with Crippen LogP contribution in [0.4, 0.5) is 0 Å². The van der Waals surface area contributed by atoms with Crippen molar-refractivity contribution in [1.82, 2.24) is 10.2 Å². The molecule has 2 saturated carbocycles. The number of β-amino-alcohol motifs (C(OH)–C–C–N with tert-alkyl or cyclic N) is 1. The normalized spacial score (nSPS) is 33.5. The van der Waals surface area contributed by atoms with Crippen molar-refractivity contribution >= 4 is 11.8 Å². The fourth-order valence-electron chi connectivity index (χ4n) is 7.01. The molecule has 2 amide bonds. The second-order valence-electron chi connectivity index (χ2n) is 14.4. The molecule has 3 saturated heterocycles. The van der Waals surface area contributed by atoms with Crippen molar-refractivity contribution in [2.24, 2.45) is 35.5 Å². The van der Waals surface area contributed by atoms with Crippen LogP contribution in [0.5, 0.6) is 0 Å². The molecule has 244 valence electrons. The Labute approximate surface area is 256 Å². The zero-order chi connectivity index (χ0) is 30.6. The molecule has 0 bridgehead atoms. The van der Waals surface area contributed by atoms with Gasteiger partial charge in [0.15, 0.2) is 0 Å². The van der Waals surface area contributed by atoms with Gasteiger partial charge in [-0.3, -0.25) is 9.59 Å². The lowest BCUT2D eigenvalue weighted by atomic mass is 9.75. The molecule has 0 spiro atoms. The van der Waals surface area contributed by atoms with E-state index in [4.69, 9.17) is 14.2 Å². The van der Waals surface area contributed by atoms with E-state index in [9.17, 15) is 14.7 Å². The molecular formula is C34H62N2O6. The molecule has 2 N–H and O–H groups in total. The van der Waals surface area contributed by atoms with Crippen LogP contribution in [-0.2, 0) is 23.8 Å². The first-order valence-corrected chi connectivity index (χ1v) is 17.1. The summed E-state index contributed by atoms with van der Waals surface area (Å²) in [5.41, 5.74) is 0. The topological polar surface area (TPSA) is 101 Å². The Morgan fingerprint density at radius 1 is 0.905 bits per heavy atom. The maximum atomic E-state index is 11.6. The highest BCUT2D eigenvalue weighted by atomic mass is 16.6. The first kappa shape index (κ1) is 35.3. The number of carbonyl (C=O) groups excluding carboxylic acids is 2. The van der Waals surface area contributed by atoms with E-state index in [0.29, 0.717) is 49.5 Å². The number of nitrogens with one attached hydrogen (secondary N) is 1. The molecule has 42 heavy (non-hydrogen) atoms. The van der Waals surface area contributed by atoms with Crippen LogP contribution in [0, 0.1) is 35.5 Å². The summed E-state index contributed by atoms with van der Waals surface area (Å²) in [6.45, 7) is 18.0. The van der Waals surface area contributed by atoms with Crippen molar-refractivity contribution in [3.63, 3.8) is 0 Å². The Balaban J connectivity index is 0.000000199. The molecule has 5 fully saturated rings. The number of likely N-dealkylation sites (tertiary alicyclic amines) is 1. The van der Waals surface area contributed by atoms with E-state index >= 15 is 0 Å². The van der Waals surface area contributed by atoms with E-state index in [1.165, 1.54) is 32.1 Å². The number of hydrogen-bond donors (Lipinski definition) is 2. The highest BCUT2D eigenvalue weighted by Gasteiger charge is 2.34. The van der Waals surface area contributed by atoms with Crippen LogP contribution in [0.15, 0.2) is 0 Å². The Bertz CT molecular complexity index is 795. The van der Waals surface area contributed by atoms with E-state index in [1.54, 1.807) is 4.90 Å². The van der Waals surface area contributed by atoms with Gasteiger partial charge in [0.25, 0.3) is 0 Å². The number of hydrogen-bond acceptors (Lipinski definition) is 6. The minimum Gasteiger partial charge on any atom is -0.389 e.